The molecule has 96 valence electrons. The molecule has 0 aliphatic carbocycles. The smallest absolute Gasteiger partial charge is 0.247 e. The summed E-state index contributed by atoms with van der Waals surface area (Å²) in [6, 6.07) is 3.30. The molecule has 0 aliphatic rings. The van der Waals surface area contributed by atoms with Crippen LogP contribution in [0.5, 0.6) is 0 Å². The highest BCUT2D eigenvalue weighted by atomic mass is 16.5. The summed E-state index contributed by atoms with van der Waals surface area (Å²) in [7, 11) is 1.74. The summed E-state index contributed by atoms with van der Waals surface area (Å²) in [5.41, 5.74) is 0.746. The van der Waals surface area contributed by atoms with E-state index < -0.39 is 0 Å². The first-order valence-electron chi connectivity index (χ1n) is 5.74. The first-order chi connectivity index (χ1) is 8.58. The average molecular weight is 248 g/mol. The van der Waals surface area contributed by atoms with Gasteiger partial charge in [0, 0.05) is 25.5 Å². The van der Waals surface area contributed by atoms with Crippen molar-refractivity contribution >= 4 is 5.91 Å². The number of nitrogens with zero attached hydrogens (tertiary/aromatic N) is 4. The predicted molar refractivity (Wildman–Crippen MR) is 64.7 cm³/mol. The Morgan fingerprint density at radius 1 is 1.61 bits per heavy atom. The maximum Gasteiger partial charge on any atom is 0.247 e. The van der Waals surface area contributed by atoms with Crippen LogP contribution in [0.15, 0.2) is 29.0 Å². The molecule has 0 aliphatic heterocycles. The van der Waals surface area contributed by atoms with Crippen molar-refractivity contribution in [1.29, 1.82) is 0 Å². The highest BCUT2D eigenvalue weighted by Crippen LogP contribution is 2.10. The van der Waals surface area contributed by atoms with Crippen LogP contribution < -0.4 is 0 Å². The molecule has 1 atom stereocenters. The van der Waals surface area contributed by atoms with E-state index in [0.717, 1.165) is 11.5 Å². The second-order valence-electron chi connectivity index (χ2n) is 4.29. The average Bonchev–Trinajstić information content (AvgIpc) is 2.98. The van der Waals surface area contributed by atoms with E-state index in [1.807, 2.05) is 19.9 Å². The molecule has 0 unspecified atom stereocenters. The molecule has 0 N–H and O–H groups in total. The van der Waals surface area contributed by atoms with Gasteiger partial charge in [-0.2, -0.15) is 5.10 Å². The number of carbonyl (C=O) groups is 1. The SMILES string of the molecule is Cc1cc(CN(C)C(=O)[C@@H](C)n2cccn2)no1. The lowest BCUT2D eigenvalue weighted by Crippen LogP contribution is -2.33. The molecule has 0 bridgehead atoms. The molecule has 2 heterocycles. The Morgan fingerprint density at radius 3 is 2.94 bits per heavy atom. The van der Waals surface area contributed by atoms with Gasteiger partial charge in [0.15, 0.2) is 0 Å². The van der Waals surface area contributed by atoms with Crippen LogP contribution >= 0.6 is 0 Å². The number of hydrogen-bond donors (Lipinski definition) is 0. The molecule has 6 nitrogen and oxygen atoms in total. The van der Waals surface area contributed by atoms with Crippen LogP contribution in [0.3, 0.4) is 0 Å². The summed E-state index contributed by atoms with van der Waals surface area (Å²) in [6.45, 7) is 4.08. The van der Waals surface area contributed by atoms with E-state index in [4.69, 9.17) is 4.52 Å². The quantitative estimate of drug-likeness (QED) is 0.820. The van der Waals surface area contributed by atoms with E-state index in [0.29, 0.717) is 6.54 Å². The molecule has 0 radical (unpaired) electrons. The zero-order valence-electron chi connectivity index (χ0n) is 10.7. The molecule has 0 spiro atoms. The molecule has 0 saturated carbocycles. The Kier molecular flexibility index (Phi) is 3.45. The Morgan fingerprint density at radius 2 is 2.39 bits per heavy atom. The molecule has 18 heavy (non-hydrogen) atoms. The van der Waals surface area contributed by atoms with Crippen molar-refractivity contribution in [3.05, 3.63) is 36.0 Å². The monoisotopic (exact) mass is 248 g/mol. The van der Waals surface area contributed by atoms with Crippen LogP contribution in [-0.2, 0) is 11.3 Å². The highest BCUT2D eigenvalue weighted by Gasteiger charge is 2.20. The van der Waals surface area contributed by atoms with Crippen molar-refractivity contribution in [2.45, 2.75) is 26.4 Å². The van der Waals surface area contributed by atoms with Gasteiger partial charge in [0.25, 0.3) is 0 Å². The summed E-state index contributed by atoms with van der Waals surface area (Å²) < 4.78 is 6.60. The number of rotatable bonds is 4. The second-order valence-corrected chi connectivity index (χ2v) is 4.29. The maximum atomic E-state index is 12.2. The van der Waals surface area contributed by atoms with Crippen LogP contribution in [0, 0.1) is 6.92 Å². The lowest BCUT2D eigenvalue weighted by molar-refractivity contribution is -0.133. The third-order valence-electron chi connectivity index (χ3n) is 2.73. The predicted octanol–water partition coefficient (Wildman–Crippen LogP) is 1.40. The van der Waals surface area contributed by atoms with Gasteiger partial charge in [0.05, 0.1) is 6.54 Å². The topological polar surface area (TPSA) is 64.2 Å². The highest BCUT2D eigenvalue weighted by molar-refractivity contribution is 5.79. The maximum absolute atomic E-state index is 12.2. The van der Waals surface area contributed by atoms with Gasteiger partial charge in [-0.1, -0.05) is 5.16 Å². The van der Waals surface area contributed by atoms with Crippen LogP contribution in [0.25, 0.3) is 0 Å². The van der Waals surface area contributed by atoms with E-state index >= 15 is 0 Å². The van der Waals surface area contributed by atoms with Gasteiger partial charge in [-0.3, -0.25) is 9.48 Å². The minimum atomic E-state index is -0.321. The Hall–Kier alpha value is -2.11. The van der Waals surface area contributed by atoms with Crippen LogP contribution in [0.4, 0.5) is 0 Å². The molecular formula is C12H16N4O2. The number of hydrogen-bond acceptors (Lipinski definition) is 4. The van der Waals surface area contributed by atoms with Crippen molar-refractivity contribution in [1.82, 2.24) is 19.8 Å². The van der Waals surface area contributed by atoms with Crippen molar-refractivity contribution in [2.24, 2.45) is 0 Å². The van der Waals surface area contributed by atoms with Gasteiger partial charge >= 0.3 is 0 Å². The fourth-order valence-corrected chi connectivity index (χ4v) is 1.76. The van der Waals surface area contributed by atoms with E-state index in [-0.39, 0.29) is 11.9 Å². The minimum absolute atomic E-state index is 0.0145. The first kappa shape index (κ1) is 12.3. The van der Waals surface area contributed by atoms with Gasteiger partial charge < -0.3 is 9.42 Å². The van der Waals surface area contributed by atoms with Crippen molar-refractivity contribution in [3.8, 4) is 0 Å². The number of likely N-dealkylation sites (N-methyl/N-ethyl adjacent to an activating group) is 1. The summed E-state index contributed by atoms with van der Waals surface area (Å²) >= 11 is 0. The summed E-state index contributed by atoms with van der Waals surface area (Å²) in [5.74, 6) is 0.727. The molecule has 0 fully saturated rings. The van der Waals surface area contributed by atoms with Gasteiger partial charge in [-0.25, -0.2) is 0 Å². The molecule has 2 aromatic heterocycles. The molecule has 0 saturated heterocycles. The van der Waals surface area contributed by atoms with E-state index in [9.17, 15) is 4.79 Å². The van der Waals surface area contributed by atoms with Gasteiger partial charge in [0.2, 0.25) is 5.91 Å². The van der Waals surface area contributed by atoms with Gasteiger partial charge in [-0.05, 0) is 19.9 Å². The minimum Gasteiger partial charge on any atom is -0.361 e. The van der Waals surface area contributed by atoms with Crippen molar-refractivity contribution in [3.63, 3.8) is 0 Å². The number of aromatic nitrogens is 3. The fourth-order valence-electron chi connectivity index (χ4n) is 1.76. The number of aryl methyl sites for hydroxylation is 1. The number of carbonyl (C=O) groups excluding carboxylic acids is 1. The summed E-state index contributed by atoms with van der Waals surface area (Å²) in [5, 5.41) is 7.93. The van der Waals surface area contributed by atoms with E-state index in [1.165, 1.54) is 0 Å². The fraction of sp³-hybridized carbons (Fsp3) is 0.417. The van der Waals surface area contributed by atoms with E-state index in [2.05, 4.69) is 10.3 Å². The Labute approximate surface area is 105 Å². The lowest BCUT2D eigenvalue weighted by atomic mass is 10.3. The van der Waals surface area contributed by atoms with Gasteiger partial charge in [-0.15, -0.1) is 0 Å². The summed E-state index contributed by atoms with van der Waals surface area (Å²) in [6.07, 6.45) is 3.43. The molecule has 2 aromatic rings. The third-order valence-corrected chi connectivity index (χ3v) is 2.73. The third kappa shape index (κ3) is 2.58. The molecule has 6 heteroatoms. The van der Waals surface area contributed by atoms with E-state index in [1.54, 1.807) is 35.1 Å². The second kappa shape index (κ2) is 5.03. The zero-order chi connectivity index (χ0) is 13.1. The normalized spacial score (nSPS) is 12.4. The standard InChI is InChI=1S/C12H16N4O2/c1-9-7-11(14-18-9)8-15(3)12(17)10(2)16-6-4-5-13-16/h4-7,10H,8H2,1-3H3/t10-/m1/s1. The Bertz CT molecular complexity index is 518. The first-order valence-corrected chi connectivity index (χ1v) is 5.74. The molecule has 1 amide bonds. The van der Waals surface area contributed by atoms with Crippen LogP contribution in [0.1, 0.15) is 24.4 Å². The molecular weight excluding hydrogens is 232 g/mol. The largest absolute Gasteiger partial charge is 0.361 e. The van der Waals surface area contributed by atoms with Crippen molar-refractivity contribution in [2.75, 3.05) is 7.05 Å². The Balaban J connectivity index is 2.00. The summed E-state index contributed by atoms with van der Waals surface area (Å²) in [4.78, 5) is 13.8. The zero-order valence-corrected chi connectivity index (χ0v) is 10.7. The van der Waals surface area contributed by atoms with Crippen LogP contribution in [0.2, 0.25) is 0 Å². The lowest BCUT2D eigenvalue weighted by Gasteiger charge is -2.20. The molecule has 2 rings (SSSR count). The molecule has 0 aromatic carbocycles. The number of amides is 1. The van der Waals surface area contributed by atoms with Crippen LogP contribution in [-0.4, -0.2) is 32.8 Å². The van der Waals surface area contributed by atoms with Gasteiger partial charge in [0.1, 0.15) is 17.5 Å². The van der Waals surface area contributed by atoms with Crippen molar-refractivity contribution < 1.29 is 9.32 Å².